The molecule has 21 heavy (non-hydrogen) atoms. The molecule has 0 atom stereocenters. The van der Waals surface area contributed by atoms with Gasteiger partial charge in [-0.25, -0.2) is 0 Å². The predicted molar refractivity (Wildman–Crippen MR) is 88.9 cm³/mol. The maximum absolute atomic E-state index is 5.84. The molecule has 5 heteroatoms. The molecule has 0 saturated carbocycles. The fourth-order valence-electron chi connectivity index (χ4n) is 2.30. The number of nitrogen functional groups attached to an aromatic ring is 2. The van der Waals surface area contributed by atoms with Crippen LogP contribution >= 0.6 is 11.8 Å². The maximum Gasteiger partial charge on any atom is 0.0642 e. The van der Waals surface area contributed by atoms with E-state index in [2.05, 4.69) is 29.2 Å². The van der Waals surface area contributed by atoms with Crippen LogP contribution < -0.4 is 16.4 Å². The molecule has 0 amide bonds. The molecule has 2 aromatic rings. The van der Waals surface area contributed by atoms with Gasteiger partial charge in [-0.05, 0) is 42.5 Å². The molecule has 1 saturated heterocycles. The molecule has 0 aliphatic carbocycles. The Labute approximate surface area is 129 Å². The molecule has 0 radical (unpaired) electrons. The number of hydrogen-bond donors (Lipinski definition) is 2. The molecule has 1 aliphatic heterocycles. The summed E-state index contributed by atoms with van der Waals surface area (Å²) >= 11 is 1.69. The van der Waals surface area contributed by atoms with Crippen molar-refractivity contribution in [2.75, 3.05) is 42.7 Å². The minimum absolute atomic E-state index is 0.627. The van der Waals surface area contributed by atoms with Crippen molar-refractivity contribution in [3.63, 3.8) is 0 Å². The summed E-state index contributed by atoms with van der Waals surface area (Å²) in [6.45, 7) is 3.53. The predicted octanol–water partition coefficient (Wildman–Crippen LogP) is 2.84. The molecule has 1 fully saturated rings. The van der Waals surface area contributed by atoms with Crippen LogP contribution in [0.4, 0.5) is 17.1 Å². The first-order chi connectivity index (χ1) is 10.2. The zero-order chi connectivity index (χ0) is 14.7. The highest BCUT2D eigenvalue weighted by molar-refractivity contribution is 7.99. The van der Waals surface area contributed by atoms with Crippen molar-refractivity contribution in [2.45, 2.75) is 9.79 Å². The van der Waals surface area contributed by atoms with Crippen LogP contribution in [0, 0.1) is 0 Å². The Morgan fingerprint density at radius 1 is 0.857 bits per heavy atom. The lowest BCUT2D eigenvalue weighted by atomic mass is 10.2. The van der Waals surface area contributed by atoms with Gasteiger partial charge < -0.3 is 21.1 Å². The van der Waals surface area contributed by atoms with E-state index in [1.165, 1.54) is 10.6 Å². The molecule has 4 nitrogen and oxygen atoms in total. The Morgan fingerprint density at radius 2 is 1.52 bits per heavy atom. The summed E-state index contributed by atoms with van der Waals surface area (Å²) in [5.41, 5.74) is 14.1. The normalized spacial score (nSPS) is 15.1. The first-order valence-electron chi connectivity index (χ1n) is 6.98. The van der Waals surface area contributed by atoms with Gasteiger partial charge in [-0.3, -0.25) is 0 Å². The third kappa shape index (κ3) is 3.43. The fraction of sp³-hybridized carbons (Fsp3) is 0.250. The van der Waals surface area contributed by atoms with Gasteiger partial charge in [0.15, 0.2) is 0 Å². The van der Waals surface area contributed by atoms with Gasteiger partial charge in [-0.15, -0.1) is 0 Å². The van der Waals surface area contributed by atoms with Gasteiger partial charge in [0.1, 0.15) is 0 Å². The van der Waals surface area contributed by atoms with Crippen LogP contribution in [-0.2, 0) is 4.74 Å². The second-order valence-electron chi connectivity index (χ2n) is 4.99. The molecule has 4 N–H and O–H groups in total. The van der Waals surface area contributed by atoms with E-state index < -0.39 is 0 Å². The number of hydrogen-bond acceptors (Lipinski definition) is 5. The number of nitrogens with two attached hydrogens (primary N) is 2. The number of rotatable bonds is 3. The quantitative estimate of drug-likeness (QED) is 0.854. The monoisotopic (exact) mass is 301 g/mol. The first-order valence-corrected chi connectivity index (χ1v) is 7.79. The molecule has 0 spiro atoms. The van der Waals surface area contributed by atoms with E-state index in [0.29, 0.717) is 11.4 Å². The Hall–Kier alpha value is -1.85. The van der Waals surface area contributed by atoms with Gasteiger partial charge in [0.25, 0.3) is 0 Å². The molecule has 0 unspecified atom stereocenters. The second kappa shape index (κ2) is 6.28. The topological polar surface area (TPSA) is 64.5 Å². The third-order valence-electron chi connectivity index (χ3n) is 3.51. The molecular weight excluding hydrogens is 282 g/mol. The van der Waals surface area contributed by atoms with Crippen LogP contribution in [0.2, 0.25) is 0 Å². The standard InChI is InChI=1S/C16H19N3OS/c17-15-6-5-14(11-16(15)18)21-13-3-1-12(2-4-13)19-7-9-20-10-8-19/h1-6,11H,7-10,17-18H2. The molecule has 1 heterocycles. The molecule has 3 rings (SSSR count). The van der Waals surface area contributed by atoms with E-state index in [1.54, 1.807) is 11.8 Å². The second-order valence-corrected chi connectivity index (χ2v) is 6.13. The van der Waals surface area contributed by atoms with E-state index in [1.807, 2.05) is 18.2 Å². The highest BCUT2D eigenvalue weighted by Crippen LogP contribution is 2.31. The number of anilines is 3. The summed E-state index contributed by atoms with van der Waals surface area (Å²) in [6, 6.07) is 14.4. The fourth-order valence-corrected chi connectivity index (χ4v) is 3.17. The van der Waals surface area contributed by atoms with Crippen molar-refractivity contribution in [3.8, 4) is 0 Å². The summed E-state index contributed by atoms with van der Waals surface area (Å²) < 4.78 is 5.38. The first kappa shape index (κ1) is 14.1. The maximum atomic E-state index is 5.84. The number of benzene rings is 2. The van der Waals surface area contributed by atoms with Crippen LogP contribution in [-0.4, -0.2) is 26.3 Å². The smallest absolute Gasteiger partial charge is 0.0642 e. The van der Waals surface area contributed by atoms with Crippen molar-refractivity contribution < 1.29 is 4.74 Å². The molecule has 0 bridgehead atoms. The van der Waals surface area contributed by atoms with E-state index in [9.17, 15) is 0 Å². The minimum atomic E-state index is 0.627. The molecular formula is C16H19N3OS. The largest absolute Gasteiger partial charge is 0.397 e. The Bertz CT molecular complexity index is 609. The highest BCUT2D eigenvalue weighted by atomic mass is 32.2. The van der Waals surface area contributed by atoms with E-state index in [-0.39, 0.29) is 0 Å². The zero-order valence-electron chi connectivity index (χ0n) is 11.8. The number of nitrogens with zero attached hydrogens (tertiary/aromatic N) is 1. The summed E-state index contributed by atoms with van der Waals surface area (Å²) in [4.78, 5) is 4.64. The molecule has 110 valence electrons. The van der Waals surface area contributed by atoms with Crippen molar-refractivity contribution >= 4 is 28.8 Å². The Kier molecular flexibility index (Phi) is 4.22. The van der Waals surface area contributed by atoms with Gasteiger partial charge >= 0.3 is 0 Å². The SMILES string of the molecule is Nc1ccc(Sc2ccc(N3CCOCC3)cc2)cc1N. The molecule has 2 aromatic carbocycles. The van der Waals surface area contributed by atoms with E-state index >= 15 is 0 Å². The van der Waals surface area contributed by atoms with E-state index in [4.69, 9.17) is 16.2 Å². The van der Waals surface area contributed by atoms with Crippen LogP contribution in [0.25, 0.3) is 0 Å². The lowest BCUT2D eigenvalue weighted by Crippen LogP contribution is -2.36. The van der Waals surface area contributed by atoms with Crippen molar-refractivity contribution in [3.05, 3.63) is 42.5 Å². The molecule has 0 aromatic heterocycles. The lowest BCUT2D eigenvalue weighted by molar-refractivity contribution is 0.122. The summed E-state index contributed by atoms with van der Waals surface area (Å²) in [6.07, 6.45) is 0. The third-order valence-corrected chi connectivity index (χ3v) is 4.50. The van der Waals surface area contributed by atoms with Crippen molar-refractivity contribution in [2.24, 2.45) is 0 Å². The lowest BCUT2D eigenvalue weighted by Gasteiger charge is -2.28. The Morgan fingerprint density at radius 3 is 2.19 bits per heavy atom. The summed E-state index contributed by atoms with van der Waals surface area (Å²) in [5, 5.41) is 0. The zero-order valence-corrected chi connectivity index (χ0v) is 12.6. The average molecular weight is 301 g/mol. The van der Waals surface area contributed by atoms with Gasteiger partial charge in [0, 0.05) is 28.6 Å². The summed E-state index contributed by atoms with van der Waals surface area (Å²) in [5.74, 6) is 0. The number of ether oxygens (including phenoxy) is 1. The van der Waals surface area contributed by atoms with E-state index in [0.717, 1.165) is 31.2 Å². The van der Waals surface area contributed by atoms with Gasteiger partial charge in [-0.2, -0.15) is 0 Å². The van der Waals surface area contributed by atoms with Gasteiger partial charge in [0.2, 0.25) is 0 Å². The molecule has 1 aliphatic rings. The van der Waals surface area contributed by atoms with Gasteiger partial charge in [-0.1, -0.05) is 11.8 Å². The minimum Gasteiger partial charge on any atom is -0.397 e. The van der Waals surface area contributed by atoms with Crippen LogP contribution in [0.5, 0.6) is 0 Å². The average Bonchev–Trinajstić information content (AvgIpc) is 2.53. The highest BCUT2D eigenvalue weighted by Gasteiger charge is 2.10. The van der Waals surface area contributed by atoms with Gasteiger partial charge in [0.05, 0.1) is 24.6 Å². The summed E-state index contributed by atoms with van der Waals surface area (Å²) in [7, 11) is 0. The van der Waals surface area contributed by atoms with Crippen LogP contribution in [0.3, 0.4) is 0 Å². The van der Waals surface area contributed by atoms with Crippen molar-refractivity contribution in [1.82, 2.24) is 0 Å². The van der Waals surface area contributed by atoms with Crippen molar-refractivity contribution in [1.29, 1.82) is 0 Å². The number of morpholine rings is 1. The van der Waals surface area contributed by atoms with Crippen LogP contribution in [0.1, 0.15) is 0 Å². The Balaban J connectivity index is 1.70. The van der Waals surface area contributed by atoms with Crippen LogP contribution in [0.15, 0.2) is 52.3 Å².